The van der Waals surface area contributed by atoms with Gasteiger partial charge in [0.15, 0.2) is 11.7 Å². The maximum Gasteiger partial charge on any atom is 0.214 e. The van der Waals surface area contributed by atoms with Crippen LogP contribution in [-0.4, -0.2) is 0 Å². The third-order valence-electron chi connectivity index (χ3n) is 10.2. The van der Waals surface area contributed by atoms with Crippen molar-refractivity contribution in [3.8, 4) is 11.3 Å². The van der Waals surface area contributed by atoms with E-state index in [1.165, 1.54) is 60.2 Å². The van der Waals surface area contributed by atoms with E-state index < -0.39 is 6.04 Å². The number of fused-ring (bicyclic) bond motifs is 4. The van der Waals surface area contributed by atoms with Gasteiger partial charge in [-0.1, -0.05) is 153 Å². The van der Waals surface area contributed by atoms with Gasteiger partial charge in [-0.2, -0.15) is 4.57 Å². The predicted molar refractivity (Wildman–Crippen MR) is 201 cm³/mol. The maximum absolute atomic E-state index is 6.96. The molecule has 0 aliphatic carbocycles. The molecule has 0 amide bonds. The van der Waals surface area contributed by atoms with E-state index in [9.17, 15) is 0 Å². The molecule has 0 saturated heterocycles. The highest BCUT2D eigenvalue weighted by molar-refractivity contribution is 8.25. The Kier molecular flexibility index (Phi) is 7.87. The van der Waals surface area contributed by atoms with Gasteiger partial charge >= 0.3 is 0 Å². The molecule has 0 saturated carbocycles. The number of hydrogen-bond donors (Lipinski definition) is 0. The summed E-state index contributed by atoms with van der Waals surface area (Å²) in [7, 11) is 0. The van der Waals surface area contributed by atoms with Crippen LogP contribution in [0.4, 0.5) is 0 Å². The van der Waals surface area contributed by atoms with Crippen molar-refractivity contribution in [2.45, 2.75) is 84.6 Å². The van der Waals surface area contributed by atoms with Gasteiger partial charge in [-0.3, -0.25) is 0 Å². The first-order chi connectivity index (χ1) is 21.2. The molecular weight excluding hydrogens is 582 g/mol. The molecule has 3 heteroatoms. The van der Waals surface area contributed by atoms with Gasteiger partial charge in [-0.15, -0.1) is 0 Å². The van der Waals surface area contributed by atoms with Crippen molar-refractivity contribution < 1.29 is 4.57 Å². The summed E-state index contributed by atoms with van der Waals surface area (Å²) >= 11 is 6.96. The summed E-state index contributed by atoms with van der Waals surface area (Å²) in [4.78, 5) is 0. The molecule has 0 atom stereocenters. The number of hydrogen-bond acceptors (Lipinski definition) is 1. The summed E-state index contributed by atoms with van der Waals surface area (Å²) in [6.07, 6.45) is 4.32. The molecule has 0 N–H and O–H groups in total. The Labute approximate surface area is 276 Å². The number of aromatic nitrogens is 1. The second-order valence-electron chi connectivity index (χ2n) is 14.8. The molecule has 4 aromatic carbocycles. The summed E-state index contributed by atoms with van der Waals surface area (Å²) in [5.41, 5.74) is 7.55. The lowest BCUT2D eigenvalue weighted by atomic mass is 9.75. The van der Waals surface area contributed by atoms with E-state index in [1.54, 1.807) is 0 Å². The van der Waals surface area contributed by atoms with Crippen molar-refractivity contribution in [1.29, 1.82) is 0 Å². The summed E-state index contributed by atoms with van der Waals surface area (Å²) in [6, 6.07) is 34.1. The van der Waals surface area contributed by atoms with Crippen LogP contribution in [0.1, 0.15) is 84.9 Å². The van der Waals surface area contributed by atoms with Crippen molar-refractivity contribution in [3.05, 3.63) is 127 Å². The molecular formula is C42H47NPS+. The lowest BCUT2D eigenvalue weighted by molar-refractivity contribution is -0.740. The van der Waals surface area contributed by atoms with Gasteiger partial charge in [-0.25, -0.2) is 0 Å². The molecule has 5 aromatic rings. The van der Waals surface area contributed by atoms with Crippen molar-refractivity contribution in [1.82, 2.24) is 0 Å². The largest absolute Gasteiger partial charge is 0.214 e. The molecule has 1 aromatic heterocycles. The summed E-state index contributed by atoms with van der Waals surface area (Å²) in [5.74, 6) is 0. The van der Waals surface area contributed by atoms with Gasteiger partial charge in [0.25, 0.3) is 0 Å². The van der Waals surface area contributed by atoms with Gasteiger partial charge in [0.05, 0.1) is 5.56 Å². The normalized spacial score (nSPS) is 14.7. The maximum atomic E-state index is 6.96. The fourth-order valence-electron chi connectivity index (χ4n) is 7.15. The third kappa shape index (κ3) is 5.15. The summed E-state index contributed by atoms with van der Waals surface area (Å²) < 4.78 is 2.52. The van der Waals surface area contributed by atoms with Crippen LogP contribution in [0.15, 0.2) is 110 Å². The first-order valence-corrected chi connectivity index (χ1v) is 19.2. The zero-order valence-corrected chi connectivity index (χ0v) is 29.9. The van der Waals surface area contributed by atoms with Gasteiger partial charge in [0, 0.05) is 35.9 Å². The van der Waals surface area contributed by atoms with Crippen molar-refractivity contribution in [2.75, 3.05) is 0 Å². The fraction of sp³-hybridized carbons (Fsp3) is 0.310. The van der Waals surface area contributed by atoms with Crippen LogP contribution in [0.25, 0.3) is 27.6 Å². The Morgan fingerprint density at radius 2 is 1.13 bits per heavy atom. The topological polar surface area (TPSA) is 3.88 Å². The van der Waals surface area contributed by atoms with Gasteiger partial charge in [-0.05, 0) is 61.0 Å². The van der Waals surface area contributed by atoms with Crippen molar-refractivity contribution in [2.24, 2.45) is 0 Å². The average molecular weight is 629 g/mol. The molecule has 1 aliphatic heterocycles. The smallest absolute Gasteiger partial charge is 0.188 e. The zero-order valence-electron chi connectivity index (χ0n) is 28.2. The molecule has 6 rings (SSSR count). The molecule has 1 nitrogen and oxygen atoms in total. The molecule has 2 heterocycles. The highest BCUT2D eigenvalue weighted by Gasteiger charge is 2.47. The Hall–Kier alpha value is -3.32. The van der Waals surface area contributed by atoms with E-state index in [0.29, 0.717) is 0 Å². The van der Waals surface area contributed by atoms with E-state index in [4.69, 9.17) is 18.4 Å². The van der Waals surface area contributed by atoms with Crippen LogP contribution >= 0.6 is 6.04 Å². The van der Waals surface area contributed by atoms with E-state index >= 15 is 0 Å². The van der Waals surface area contributed by atoms with Crippen LogP contribution in [0, 0.1) is 0 Å². The standard InChI is InChI=1S/C42H47NPS/c1-10-42(11-2)29(3)37-25-24-36(27-38(37)39-26-30-14-12-13-15-31(30)28-43(39)42)44(45,34-20-16-32(17-21-34)40(4,5)6)35-22-18-33(19-23-35)41(7,8)9/h12-28H,3,10-11H2,1-2,4-9H3/q+1. The highest BCUT2D eigenvalue weighted by atomic mass is 32.4. The highest BCUT2D eigenvalue weighted by Crippen LogP contribution is 2.48. The van der Waals surface area contributed by atoms with E-state index in [0.717, 1.165) is 12.8 Å². The van der Waals surface area contributed by atoms with Crippen LogP contribution in [-0.2, 0) is 28.2 Å². The van der Waals surface area contributed by atoms with Crippen LogP contribution in [0.3, 0.4) is 0 Å². The quantitative estimate of drug-likeness (QED) is 0.138. The molecule has 1 aliphatic rings. The predicted octanol–water partition coefficient (Wildman–Crippen LogP) is 9.69. The minimum atomic E-state index is -2.40. The Morgan fingerprint density at radius 1 is 0.644 bits per heavy atom. The number of pyridine rings is 1. The van der Waals surface area contributed by atoms with Crippen LogP contribution in [0.2, 0.25) is 0 Å². The Morgan fingerprint density at radius 3 is 1.62 bits per heavy atom. The summed E-state index contributed by atoms with van der Waals surface area (Å²) in [6.45, 7) is 23.0. The molecule has 0 spiro atoms. The fourth-order valence-corrected chi connectivity index (χ4v) is 10.9. The number of benzene rings is 4. The first kappa shape index (κ1) is 31.7. The van der Waals surface area contributed by atoms with Crippen molar-refractivity contribution in [3.63, 3.8) is 0 Å². The second-order valence-corrected chi connectivity index (χ2v) is 19.2. The number of rotatable bonds is 5. The Balaban J connectivity index is 1.62. The van der Waals surface area contributed by atoms with Gasteiger partial charge < -0.3 is 0 Å². The minimum absolute atomic E-state index is 0.0798. The zero-order chi connectivity index (χ0) is 32.4. The van der Waals surface area contributed by atoms with E-state index in [1.807, 2.05) is 0 Å². The Bertz CT molecular complexity index is 1900. The molecule has 0 fully saturated rings. The SMILES string of the molecule is C=C1c2ccc(P(=S)(c3ccc(C(C)(C)C)cc3)c3ccc(C(C)(C)C)cc3)cc2-c2cc3ccccc3c[n+]2C1(CC)CC. The number of allylic oxidation sites excluding steroid dienone is 1. The molecule has 0 bridgehead atoms. The van der Waals surface area contributed by atoms with Crippen LogP contribution < -0.4 is 20.5 Å². The molecule has 0 unspecified atom stereocenters. The third-order valence-corrected chi connectivity index (χ3v) is 15.1. The monoisotopic (exact) mass is 628 g/mol. The lowest BCUT2D eigenvalue weighted by Gasteiger charge is -2.36. The number of nitrogens with zero attached hydrogens (tertiary/aromatic N) is 1. The van der Waals surface area contributed by atoms with Crippen LogP contribution in [0.5, 0.6) is 0 Å². The van der Waals surface area contributed by atoms with Gasteiger partial charge in [0.2, 0.25) is 5.69 Å². The van der Waals surface area contributed by atoms with Crippen molar-refractivity contribution >= 4 is 50.1 Å². The summed E-state index contributed by atoms with van der Waals surface area (Å²) in [5, 5.41) is 6.18. The molecule has 0 radical (unpaired) electrons. The first-order valence-electron chi connectivity index (χ1n) is 16.4. The van der Waals surface area contributed by atoms with E-state index in [2.05, 4.69) is 163 Å². The second kappa shape index (κ2) is 11.2. The lowest BCUT2D eigenvalue weighted by Crippen LogP contribution is -2.59. The van der Waals surface area contributed by atoms with Gasteiger partial charge in [0.1, 0.15) is 0 Å². The molecule has 230 valence electrons. The average Bonchev–Trinajstić information content (AvgIpc) is 3.03. The van der Waals surface area contributed by atoms with E-state index in [-0.39, 0.29) is 16.4 Å². The minimum Gasteiger partial charge on any atom is -0.188 e. The molecule has 45 heavy (non-hydrogen) atoms.